The van der Waals surface area contributed by atoms with Crippen LogP contribution in [0.5, 0.6) is 0 Å². The van der Waals surface area contributed by atoms with Crippen molar-refractivity contribution < 1.29 is 0 Å². The van der Waals surface area contributed by atoms with Gasteiger partial charge in [0.2, 0.25) is 0 Å². The Labute approximate surface area is 203 Å². The van der Waals surface area contributed by atoms with Gasteiger partial charge in [-0.1, -0.05) is 108 Å². The largest absolute Gasteiger partial charge is 0.0651 e. The maximum absolute atomic E-state index is 2.34. The maximum Gasteiger partial charge on any atom is -0.00576 e. The van der Waals surface area contributed by atoms with Crippen molar-refractivity contribution in [2.75, 3.05) is 0 Å². The van der Waals surface area contributed by atoms with Gasteiger partial charge in [-0.2, -0.15) is 0 Å². The molecule has 2 aliphatic carbocycles. The van der Waals surface area contributed by atoms with Crippen LogP contribution in [0.3, 0.4) is 0 Å². The second-order valence-corrected chi connectivity index (χ2v) is 9.78. The van der Waals surface area contributed by atoms with E-state index < -0.39 is 0 Å². The van der Waals surface area contributed by atoms with Crippen molar-refractivity contribution in [1.82, 2.24) is 0 Å². The third-order valence-corrected chi connectivity index (χ3v) is 7.64. The highest BCUT2D eigenvalue weighted by Crippen LogP contribution is 2.46. The zero-order chi connectivity index (χ0) is 23.1. The molecule has 0 fully saturated rings. The molecule has 2 aliphatic rings. The van der Waals surface area contributed by atoms with Gasteiger partial charge in [0.1, 0.15) is 0 Å². The van der Waals surface area contributed by atoms with Crippen molar-refractivity contribution in [3.8, 4) is 22.3 Å². The molecule has 0 saturated carbocycles. The van der Waals surface area contributed by atoms with Crippen LogP contribution < -0.4 is 0 Å². The van der Waals surface area contributed by atoms with E-state index in [0.717, 1.165) is 25.7 Å². The molecule has 0 amide bonds. The van der Waals surface area contributed by atoms with Crippen molar-refractivity contribution in [3.05, 3.63) is 130 Å². The summed E-state index contributed by atoms with van der Waals surface area (Å²) in [7, 11) is 0. The summed E-state index contributed by atoms with van der Waals surface area (Å²) >= 11 is 0. The number of rotatable bonds is 5. The zero-order valence-corrected chi connectivity index (χ0v) is 20.1. The Morgan fingerprint density at radius 2 is 0.882 bits per heavy atom. The van der Waals surface area contributed by atoms with Gasteiger partial charge in [0.25, 0.3) is 0 Å². The van der Waals surface area contributed by atoms with Gasteiger partial charge in [0.05, 0.1) is 0 Å². The molecule has 0 N–H and O–H groups in total. The first kappa shape index (κ1) is 20.9. The highest BCUT2D eigenvalue weighted by molar-refractivity contribution is 5.91. The van der Waals surface area contributed by atoms with Gasteiger partial charge in [-0.25, -0.2) is 0 Å². The minimum Gasteiger partial charge on any atom is -0.0651 e. The van der Waals surface area contributed by atoms with Crippen molar-refractivity contribution in [1.29, 1.82) is 0 Å². The van der Waals surface area contributed by atoms with E-state index in [1.54, 1.807) is 11.1 Å². The SMILES string of the molecule is CC1=C(CCC2=C(C)Cc3cccc(-c4ccccc4)c32)c2c(cccc2-c2ccccc2)C1. The molecule has 0 spiro atoms. The molecule has 4 aromatic rings. The van der Waals surface area contributed by atoms with E-state index >= 15 is 0 Å². The second-order valence-electron chi connectivity index (χ2n) is 9.78. The predicted molar refractivity (Wildman–Crippen MR) is 146 cm³/mol. The normalized spacial score (nSPS) is 14.5. The number of hydrogen-bond acceptors (Lipinski definition) is 0. The van der Waals surface area contributed by atoms with E-state index in [2.05, 4.69) is 111 Å². The zero-order valence-electron chi connectivity index (χ0n) is 20.1. The van der Waals surface area contributed by atoms with Crippen molar-refractivity contribution in [2.45, 2.75) is 39.5 Å². The van der Waals surface area contributed by atoms with Crippen LogP contribution in [0.15, 0.2) is 108 Å². The molecule has 0 radical (unpaired) electrons. The van der Waals surface area contributed by atoms with E-state index in [0.29, 0.717) is 0 Å². The first-order valence-corrected chi connectivity index (χ1v) is 12.4. The van der Waals surface area contributed by atoms with Gasteiger partial charge >= 0.3 is 0 Å². The summed E-state index contributed by atoms with van der Waals surface area (Å²) < 4.78 is 0. The second kappa shape index (κ2) is 8.61. The van der Waals surface area contributed by atoms with E-state index in [9.17, 15) is 0 Å². The summed E-state index contributed by atoms with van der Waals surface area (Å²) in [6.07, 6.45) is 4.35. The van der Waals surface area contributed by atoms with Crippen LogP contribution in [0.4, 0.5) is 0 Å². The van der Waals surface area contributed by atoms with E-state index in [1.165, 1.54) is 55.7 Å². The monoisotopic (exact) mass is 438 g/mol. The molecule has 0 bridgehead atoms. The smallest absolute Gasteiger partial charge is 0.00576 e. The Morgan fingerprint density at radius 1 is 0.471 bits per heavy atom. The third kappa shape index (κ3) is 3.55. The summed E-state index contributed by atoms with van der Waals surface area (Å²) in [5, 5.41) is 0. The summed E-state index contributed by atoms with van der Waals surface area (Å²) in [4.78, 5) is 0. The average Bonchev–Trinajstić information content (AvgIpc) is 3.38. The Balaban J connectivity index is 1.36. The Bertz CT molecular complexity index is 1320. The van der Waals surface area contributed by atoms with Crippen LogP contribution in [0.1, 0.15) is 48.9 Å². The summed E-state index contributed by atoms with van der Waals surface area (Å²) in [6.45, 7) is 4.67. The predicted octanol–water partition coefficient (Wildman–Crippen LogP) is 9.16. The summed E-state index contributed by atoms with van der Waals surface area (Å²) in [5.41, 5.74) is 17.5. The standard InChI is InChI=1S/C34H30/c1-23-21-27-15-9-17-31(25-11-5-3-6-12-25)33(27)29(23)19-20-30-24(2)22-28-16-10-18-32(34(28)30)26-13-7-4-8-14-26/h3-18H,19-22H2,1-2H3. The number of allylic oxidation sites excluding steroid dienone is 4. The maximum atomic E-state index is 2.34. The lowest BCUT2D eigenvalue weighted by Crippen LogP contribution is -1.94. The van der Waals surface area contributed by atoms with Gasteiger partial charge in [0, 0.05) is 0 Å². The average molecular weight is 439 g/mol. The molecule has 6 rings (SSSR count). The van der Waals surface area contributed by atoms with Gasteiger partial charge in [-0.3, -0.25) is 0 Å². The highest BCUT2D eigenvalue weighted by atomic mass is 14.3. The van der Waals surface area contributed by atoms with E-state index in [4.69, 9.17) is 0 Å². The lowest BCUT2D eigenvalue weighted by molar-refractivity contribution is 1.07. The van der Waals surface area contributed by atoms with Crippen LogP contribution in [-0.2, 0) is 12.8 Å². The molecule has 0 saturated heterocycles. The minimum atomic E-state index is 1.08. The number of hydrogen-bond donors (Lipinski definition) is 0. The topological polar surface area (TPSA) is 0 Å². The molecule has 0 nitrogen and oxygen atoms in total. The van der Waals surface area contributed by atoms with Gasteiger partial charge in [-0.05, 0) is 95.2 Å². The van der Waals surface area contributed by atoms with Crippen molar-refractivity contribution in [3.63, 3.8) is 0 Å². The number of benzene rings is 4. The fourth-order valence-corrected chi connectivity index (χ4v) is 6.06. The van der Waals surface area contributed by atoms with Crippen molar-refractivity contribution in [2.24, 2.45) is 0 Å². The Kier molecular flexibility index (Phi) is 5.30. The van der Waals surface area contributed by atoms with Crippen LogP contribution >= 0.6 is 0 Å². The lowest BCUT2D eigenvalue weighted by atomic mass is 9.88. The molecular formula is C34H30. The Hall–Kier alpha value is -3.64. The van der Waals surface area contributed by atoms with Crippen molar-refractivity contribution >= 4 is 11.1 Å². The molecular weight excluding hydrogens is 408 g/mol. The molecule has 0 heterocycles. The first-order valence-electron chi connectivity index (χ1n) is 12.4. The van der Waals surface area contributed by atoms with Crippen LogP contribution in [0.25, 0.3) is 33.4 Å². The van der Waals surface area contributed by atoms with Crippen LogP contribution in [-0.4, -0.2) is 0 Å². The molecule has 4 aromatic carbocycles. The molecule has 0 aliphatic heterocycles. The summed E-state index contributed by atoms with van der Waals surface area (Å²) in [5.74, 6) is 0. The quantitative estimate of drug-likeness (QED) is 0.291. The minimum absolute atomic E-state index is 1.08. The van der Waals surface area contributed by atoms with E-state index in [1.807, 2.05) is 0 Å². The van der Waals surface area contributed by atoms with Crippen LogP contribution in [0.2, 0.25) is 0 Å². The third-order valence-electron chi connectivity index (χ3n) is 7.64. The molecule has 166 valence electrons. The molecule has 0 atom stereocenters. The summed E-state index contributed by atoms with van der Waals surface area (Å²) in [6, 6.07) is 35.5. The number of fused-ring (bicyclic) bond motifs is 2. The Morgan fingerprint density at radius 3 is 1.29 bits per heavy atom. The lowest BCUT2D eigenvalue weighted by Gasteiger charge is -2.16. The molecule has 34 heavy (non-hydrogen) atoms. The van der Waals surface area contributed by atoms with E-state index in [-0.39, 0.29) is 0 Å². The fourth-order valence-electron chi connectivity index (χ4n) is 6.06. The first-order chi connectivity index (χ1) is 16.7. The fraction of sp³-hybridized carbons (Fsp3) is 0.176. The van der Waals surface area contributed by atoms with Gasteiger partial charge in [-0.15, -0.1) is 0 Å². The highest BCUT2D eigenvalue weighted by Gasteiger charge is 2.26. The molecule has 0 unspecified atom stereocenters. The van der Waals surface area contributed by atoms with Gasteiger partial charge in [0.15, 0.2) is 0 Å². The van der Waals surface area contributed by atoms with Gasteiger partial charge < -0.3 is 0 Å². The van der Waals surface area contributed by atoms with Crippen LogP contribution in [0, 0.1) is 0 Å². The molecule has 0 heteroatoms. The molecule has 0 aromatic heterocycles.